The smallest absolute Gasteiger partial charge is 0.275 e. The van der Waals surface area contributed by atoms with E-state index >= 15 is 0 Å². The lowest BCUT2D eigenvalue weighted by molar-refractivity contribution is -0.141. The van der Waals surface area contributed by atoms with Gasteiger partial charge in [0.1, 0.15) is 5.69 Å². The molecule has 0 aromatic carbocycles. The minimum atomic E-state index is -4.40. The summed E-state index contributed by atoms with van der Waals surface area (Å²) in [6.07, 6.45) is -1.51. The molecule has 0 unspecified atom stereocenters. The van der Waals surface area contributed by atoms with Crippen LogP contribution in [0, 0.1) is 0 Å². The van der Waals surface area contributed by atoms with Crippen molar-refractivity contribution >= 4 is 0 Å². The number of rotatable bonds is 1. The molecule has 0 radical (unpaired) electrons. The summed E-state index contributed by atoms with van der Waals surface area (Å²) in [5.74, 6) is 0. The molecule has 0 atom stereocenters. The van der Waals surface area contributed by atoms with Crippen LogP contribution >= 0.6 is 0 Å². The van der Waals surface area contributed by atoms with Gasteiger partial charge in [-0.15, -0.1) is 0 Å². The fourth-order valence-electron chi connectivity index (χ4n) is 1.28. The third kappa shape index (κ3) is 2.05. The Kier molecular flexibility index (Phi) is 2.41. The maximum absolute atomic E-state index is 12.2. The number of aromatic nitrogens is 3. The molecule has 84 valence electrons. The predicted octanol–water partition coefficient (Wildman–Crippen LogP) is 2.50. The molecule has 0 saturated carbocycles. The molecule has 6 heteroatoms. The van der Waals surface area contributed by atoms with E-state index in [0.717, 1.165) is 6.07 Å². The molecule has 0 bridgehead atoms. The van der Waals surface area contributed by atoms with Crippen molar-refractivity contribution < 1.29 is 13.2 Å². The third-order valence-electron chi connectivity index (χ3n) is 2.06. The first kappa shape index (κ1) is 10.7. The van der Waals surface area contributed by atoms with Crippen LogP contribution in [0.5, 0.6) is 0 Å². The fraction of sp³-hybridized carbons (Fsp3) is 0.200. The van der Waals surface area contributed by atoms with E-state index in [1.54, 1.807) is 24.0 Å². The van der Waals surface area contributed by atoms with E-state index in [1.165, 1.54) is 12.3 Å². The Balaban J connectivity index is 2.33. The van der Waals surface area contributed by atoms with Gasteiger partial charge in [0.15, 0.2) is 0 Å². The maximum Gasteiger partial charge on any atom is 0.433 e. The van der Waals surface area contributed by atoms with Gasteiger partial charge in [-0.05, 0) is 18.2 Å². The molecule has 2 aromatic heterocycles. The van der Waals surface area contributed by atoms with Gasteiger partial charge in [0.25, 0.3) is 0 Å². The first-order valence-corrected chi connectivity index (χ1v) is 4.50. The zero-order valence-electron chi connectivity index (χ0n) is 8.36. The molecule has 0 amide bonds. The van der Waals surface area contributed by atoms with E-state index in [1.807, 2.05) is 0 Å². The Morgan fingerprint density at radius 2 is 1.94 bits per heavy atom. The maximum atomic E-state index is 12.2. The van der Waals surface area contributed by atoms with Crippen LogP contribution in [-0.2, 0) is 13.2 Å². The first-order valence-electron chi connectivity index (χ1n) is 4.50. The molecular formula is C10H8F3N3. The number of hydrogen-bond acceptors (Lipinski definition) is 2. The lowest BCUT2D eigenvalue weighted by Crippen LogP contribution is -2.07. The Bertz CT molecular complexity index is 485. The molecule has 0 spiro atoms. The highest BCUT2D eigenvalue weighted by Gasteiger charge is 2.32. The zero-order chi connectivity index (χ0) is 11.8. The molecule has 0 fully saturated rings. The van der Waals surface area contributed by atoms with Gasteiger partial charge < -0.3 is 0 Å². The van der Waals surface area contributed by atoms with Crippen molar-refractivity contribution in [2.45, 2.75) is 6.18 Å². The minimum absolute atomic E-state index is 0.564. The van der Waals surface area contributed by atoms with Gasteiger partial charge >= 0.3 is 6.18 Å². The number of aryl methyl sites for hydroxylation is 1. The topological polar surface area (TPSA) is 30.7 Å². The minimum Gasteiger partial charge on any atom is -0.275 e. The quantitative estimate of drug-likeness (QED) is 0.749. The molecule has 2 rings (SSSR count). The van der Waals surface area contributed by atoms with Gasteiger partial charge in [0, 0.05) is 25.0 Å². The summed E-state index contributed by atoms with van der Waals surface area (Å²) in [6, 6.07) is 4.02. The van der Waals surface area contributed by atoms with E-state index in [-0.39, 0.29) is 0 Å². The third-order valence-corrected chi connectivity index (χ3v) is 2.06. The molecule has 0 aliphatic heterocycles. The standard InChI is InChI=1S/C10H8F3N3/c1-16-5-4-8(15-16)7-2-3-9(14-6-7)10(11,12)13/h2-6H,1H3. The molecule has 2 aromatic rings. The van der Waals surface area contributed by atoms with Gasteiger partial charge in [-0.3, -0.25) is 9.67 Å². The summed E-state index contributed by atoms with van der Waals surface area (Å²) in [6.45, 7) is 0. The second kappa shape index (κ2) is 3.62. The van der Waals surface area contributed by atoms with Crippen LogP contribution in [0.3, 0.4) is 0 Å². The van der Waals surface area contributed by atoms with E-state index in [9.17, 15) is 13.2 Å². The average molecular weight is 227 g/mol. The molecule has 0 N–H and O–H groups in total. The summed E-state index contributed by atoms with van der Waals surface area (Å²) in [7, 11) is 1.74. The van der Waals surface area contributed by atoms with Gasteiger partial charge in [-0.1, -0.05) is 0 Å². The lowest BCUT2D eigenvalue weighted by atomic mass is 10.2. The van der Waals surface area contributed by atoms with Crippen molar-refractivity contribution in [2.24, 2.45) is 7.05 Å². The SMILES string of the molecule is Cn1ccc(-c2ccc(C(F)(F)F)nc2)n1. The molecular weight excluding hydrogens is 219 g/mol. The van der Waals surface area contributed by atoms with Gasteiger partial charge in [0.2, 0.25) is 0 Å². The fourth-order valence-corrected chi connectivity index (χ4v) is 1.28. The lowest BCUT2D eigenvalue weighted by Gasteiger charge is -2.05. The Morgan fingerprint density at radius 1 is 1.19 bits per heavy atom. The first-order chi connectivity index (χ1) is 7.47. The molecule has 2 heterocycles. The van der Waals surface area contributed by atoms with Crippen molar-refractivity contribution in [1.29, 1.82) is 0 Å². The Hall–Kier alpha value is -1.85. The average Bonchev–Trinajstić information content (AvgIpc) is 2.64. The van der Waals surface area contributed by atoms with Gasteiger partial charge in [-0.2, -0.15) is 18.3 Å². The number of halogens is 3. The largest absolute Gasteiger partial charge is 0.433 e. The normalized spacial score (nSPS) is 11.8. The van der Waals surface area contributed by atoms with E-state index in [2.05, 4.69) is 10.1 Å². The summed E-state index contributed by atoms with van der Waals surface area (Å²) in [5.41, 5.74) is 0.268. The summed E-state index contributed by atoms with van der Waals surface area (Å²) in [4.78, 5) is 3.36. The molecule has 0 saturated heterocycles. The molecule has 16 heavy (non-hydrogen) atoms. The Morgan fingerprint density at radius 3 is 2.38 bits per heavy atom. The monoisotopic (exact) mass is 227 g/mol. The van der Waals surface area contributed by atoms with Crippen molar-refractivity contribution in [3.05, 3.63) is 36.3 Å². The van der Waals surface area contributed by atoms with Crippen molar-refractivity contribution in [3.63, 3.8) is 0 Å². The second-order valence-electron chi connectivity index (χ2n) is 3.30. The van der Waals surface area contributed by atoms with Crippen molar-refractivity contribution in [3.8, 4) is 11.3 Å². The van der Waals surface area contributed by atoms with Gasteiger partial charge in [0.05, 0.1) is 5.69 Å². The van der Waals surface area contributed by atoms with Crippen LogP contribution < -0.4 is 0 Å². The van der Waals surface area contributed by atoms with Gasteiger partial charge in [-0.25, -0.2) is 0 Å². The number of hydrogen-bond donors (Lipinski definition) is 0. The van der Waals surface area contributed by atoms with Crippen LogP contribution in [0.1, 0.15) is 5.69 Å². The van der Waals surface area contributed by atoms with E-state index in [4.69, 9.17) is 0 Å². The van der Waals surface area contributed by atoms with Crippen molar-refractivity contribution in [1.82, 2.24) is 14.8 Å². The van der Waals surface area contributed by atoms with Crippen LogP contribution in [0.2, 0.25) is 0 Å². The summed E-state index contributed by atoms with van der Waals surface area (Å²) < 4.78 is 38.3. The Labute approximate surface area is 89.5 Å². The highest BCUT2D eigenvalue weighted by atomic mass is 19.4. The number of nitrogens with zero attached hydrogens (tertiary/aromatic N) is 3. The van der Waals surface area contributed by atoms with E-state index < -0.39 is 11.9 Å². The second-order valence-corrected chi connectivity index (χ2v) is 3.30. The van der Waals surface area contributed by atoms with E-state index in [0.29, 0.717) is 11.3 Å². The van der Waals surface area contributed by atoms with Crippen LogP contribution in [-0.4, -0.2) is 14.8 Å². The predicted molar refractivity (Wildman–Crippen MR) is 51.4 cm³/mol. The van der Waals surface area contributed by atoms with Crippen LogP contribution in [0.25, 0.3) is 11.3 Å². The number of alkyl halides is 3. The summed E-state index contributed by atoms with van der Waals surface area (Å²) >= 11 is 0. The molecule has 3 nitrogen and oxygen atoms in total. The van der Waals surface area contributed by atoms with Crippen LogP contribution in [0.15, 0.2) is 30.6 Å². The number of pyridine rings is 1. The highest BCUT2D eigenvalue weighted by Crippen LogP contribution is 2.28. The highest BCUT2D eigenvalue weighted by molar-refractivity contribution is 5.57. The van der Waals surface area contributed by atoms with Crippen molar-refractivity contribution in [2.75, 3.05) is 0 Å². The molecule has 0 aliphatic rings. The summed E-state index contributed by atoms with van der Waals surface area (Å²) in [5, 5.41) is 4.07. The molecule has 0 aliphatic carbocycles. The zero-order valence-corrected chi connectivity index (χ0v) is 8.36. The van der Waals surface area contributed by atoms with Crippen LogP contribution in [0.4, 0.5) is 13.2 Å².